The molecular weight excluding hydrogens is 452 g/mol. The standard InChI is InChI=1S/C24H26N6O3S/c1-15(2)20(23-26-21(29-33-23)17-10-11-17)25-19(31)14-34-24-28-27-22(18-9-6-12-32-18)30(24)13-16-7-4-3-5-8-16/h3-9,12,15,17,20H,10-11,13-14H2,1-2H3,(H,25,31). The average molecular weight is 479 g/mol. The summed E-state index contributed by atoms with van der Waals surface area (Å²) < 4.78 is 13.0. The highest BCUT2D eigenvalue weighted by Gasteiger charge is 2.31. The Kier molecular flexibility index (Phi) is 6.48. The van der Waals surface area contributed by atoms with Gasteiger partial charge in [-0.1, -0.05) is 61.1 Å². The Bertz CT molecular complexity index is 1230. The van der Waals surface area contributed by atoms with E-state index < -0.39 is 0 Å². The van der Waals surface area contributed by atoms with Gasteiger partial charge in [0.1, 0.15) is 6.04 Å². The molecule has 3 heterocycles. The highest BCUT2D eigenvalue weighted by Crippen LogP contribution is 2.38. The van der Waals surface area contributed by atoms with Crippen LogP contribution in [-0.4, -0.2) is 36.6 Å². The maximum Gasteiger partial charge on any atom is 0.249 e. The zero-order chi connectivity index (χ0) is 23.5. The van der Waals surface area contributed by atoms with Gasteiger partial charge in [0.25, 0.3) is 0 Å². The molecule has 1 N–H and O–H groups in total. The first-order valence-corrected chi connectivity index (χ1v) is 12.3. The van der Waals surface area contributed by atoms with Crippen molar-refractivity contribution in [3.05, 3.63) is 66.0 Å². The first kappa shape index (κ1) is 22.4. The van der Waals surface area contributed by atoms with Crippen molar-refractivity contribution in [2.24, 2.45) is 5.92 Å². The Morgan fingerprint density at radius 2 is 2.00 bits per heavy atom. The zero-order valence-corrected chi connectivity index (χ0v) is 19.9. The summed E-state index contributed by atoms with van der Waals surface area (Å²) in [6, 6.07) is 13.4. The first-order chi connectivity index (χ1) is 16.6. The minimum atomic E-state index is -0.339. The van der Waals surface area contributed by atoms with Crippen LogP contribution in [0.4, 0.5) is 0 Å². The Labute approximate surface area is 201 Å². The maximum absolute atomic E-state index is 12.9. The van der Waals surface area contributed by atoms with Crippen molar-refractivity contribution >= 4 is 17.7 Å². The number of nitrogens with zero attached hydrogens (tertiary/aromatic N) is 5. The molecule has 3 aromatic heterocycles. The molecule has 0 radical (unpaired) electrons. The van der Waals surface area contributed by atoms with Crippen molar-refractivity contribution in [2.45, 2.75) is 50.4 Å². The fraction of sp³-hybridized carbons (Fsp3) is 0.375. The first-order valence-electron chi connectivity index (χ1n) is 11.3. The molecule has 10 heteroatoms. The van der Waals surface area contributed by atoms with E-state index in [9.17, 15) is 4.79 Å². The van der Waals surface area contributed by atoms with Gasteiger partial charge in [-0.15, -0.1) is 10.2 Å². The molecule has 5 rings (SSSR count). The number of hydrogen-bond acceptors (Lipinski definition) is 8. The Balaban J connectivity index is 1.29. The summed E-state index contributed by atoms with van der Waals surface area (Å²) in [4.78, 5) is 17.4. The van der Waals surface area contributed by atoms with Crippen LogP contribution in [0.2, 0.25) is 0 Å². The van der Waals surface area contributed by atoms with E-state index in [1.807, 2.05) is 60.9 Å². The molecule has 176 valence electrons. The summed E-state index contributed by atoms with van der Waals surface area (Å²) in [5.41, 5.74) is 1.10. The van der Waals surface area contributed by atoms with Crippen molar-refractivity contribution < 1.29 is 13.7 Å². The molecule has 1 fully saturated rings. The van der Waals surface area contributed by atoms with E-state index in [2.05, 4.69) is 25.7 Å². The number of hydrogen-bond donors (Lipinski definition) is 1. The van der Waals surface area contributed by atoms with Crippen molar-refractivity contribution in [3.63, 3.8) is 0 Å². The van der Waals surface area contributed by atoms with Gasteiger partial charge >= 0.3 is 0 Å². The number of carbonyl (C=O) groups excluding carboxylic acids is 1. The van der Waals surface area contributed by atoms with Gasteiger partial charge in [0.05, 0.1) is 18.6 Å². The van der Waals surface area contributed by atoms with E-state index in [4.69, 9.17) is 8.94 Å². The SMILES string of the molecule is CC(C)C(NC(=O)CSc1nnc(-c2ccco2)n1Cc1ccccc1)c1nc(C2CC2)no1. The average Bonchev–Trinajstić information content (AvgIpc) is 3.21. The predicted molar refractivity (Wildman–Crippen MR) is 126 cm³/mol. The highest BCUT2D eigenvalue weighted by molar-refractivity contribution is 7.99. The summed E-state index contributed by atoms with van der Waals surface area (Å²) >= 11 is 1.33. The van der Waals surface area contributed by atoms with Crippen LogP contribution in [0, 0.1) is 5.92 Å². The van der Waals surface area contributed by atoms with Crippen LogP contribution in [0.5, 0.6) is 0 Å². The lowest BCUT2D eigenvalue weighted by molar-refractivity contribution is -0.119. The normalized spacial score (nSPS) is 14.4. The van der Waals surface area contributed by atoms with Crippen LogP contribution in [0.25, 0.3) is 11.6 Å². The molecule has 9 nitrogen and oxygen atoms in total. The van der Waals surface area contributed by atoms with E-state index in [0.29, 0.717) is 35.1 Å². The number of thioether (sulfide) groups is 1. The van der Waals surface area contributed by atoms with Crippen molar-refractivity contribution in [1.82, 2.24) is 30.2 Å². The van der Waals surface area contributed by atoms with Gasteiger partial charge < -0.3 is 14.3 Å². The van der Waals surface area contributed by atoms with Crippen LogP contribution >= 0.6 is 11.8 Å². The molecule has 0 spiro atoms. The highest BCUT2D eigenvalue weighted by atomic mass is 32.2. The molecule has 1 unspecified atom stereocenters. The Morgan fingerprint density at radius 1 is 1.18 bits per heavy atom. The summed E-state index contributed by atoms with van der Waals surface area (Å²) in [5, 5.41) is 16.4. The van der Waals surface area contributed by atoms with Crippen LogP contribution in [-0.2, 0) is 11.3 Å². The molecule has 1 aromatic carbocycles. The lowest BCUT2D eigenvalue weighted by atomic mass is 10.0. The number of furan rings is 1. The Hall–Kier alpha value is -3.40. The van der Waals surface area contributed by atoms with Crippen LogP contribution in [0.1, 0.15) is 55.9 Å². The minimum Gasteiger partial charge on any atom is -0.461 e. The lowest BCUT2D eigenvalue weighted by Gasteiger charge is -2.18. The third-order valence-corrected chi connectivity index (χ3v) is 6.59. The zero-order valence-electron chi connectivity index (χ0n) is 19.0. The molecule has 0 aliphatic heterocycles. The molecule has 4 aromatic rings. The van der Waals surface area contributed by atoms with Crippen molar-refractivity contribution in [1.29, 1.82) is 0 Å². The molecule has 1 aliphatic carbocycles. The van der Waals surface area contributed by atoms with Gasteiger partial charge in [0, 0.05) is 5.92 Å². The molecule has 0 saturated heterocycles. The summed E-state index contributed by atoms with van der Waals surface area (Å²) in [6.45, 7) is 4.60. The van der Waals surface area contributed by atoms with Crippen molar-refractivity contribution in [2.75, 3.05) is 5.75 Å². The van der Waals surface area contributed by atoms with Gasteiger partial charge in [-0.25, -0.2) is 0 Å². The molecule has 1 amide bonds. The van der Waals surface area contributed by atoms with Gasteiger partial charge in [-0.2, -0.15) is 4.98 Å². The van der Waals surface area contributed by atoms with Gasteiger partial charge in [0.15, 0.2) is 16.7 Å². The number of benzene rings is 1. The second kappa shape index (κ2) is 9.84. The van der Waals surface area contributed by atoms with Crippen LogP contribution in [0.3, 0.4) is 0 Å². The van der Waals surface area contributed by atoms with Crippen LogP contribution in [0.15, 0.2) is 62.8 Å². The van der Waals surface area contributed by atoms with E-state index >= 15 is 0 Å². The maximum atomic E-state index is 12.9. The second-order valence-electron chi connectivity index (χ2n) is 8.70. The summed E-state index contributed by atoms with van der Waals surface area (Å²) in [7, 11) is 0. The van der Waals surface area contributed by atoms with E-state index in [-0.39, 0.29) is 23.6 Å². The quantitative estimate of drug-likeness (QED) is 0.333. The van der Waals surface area contributed by atoms with Gasteiger partial charge in [-0.3, -0.25) is 9.36 Å². The number of aromatic nitrogens is 5. The lowest BCUT2D eigenvalue weighted by Crippen LogP contribution is -2.33. The predicted octanol–water partition coefficient (Wildman–Crippen LogP) is 4.45. The molecule has 1 atom stereocenters. The van der Waals surface area contributed by atoms with Gasteiger partial charge in [0.2, 0.25) is 17.6 Å². The second-order valence-corrected chi connectivity index (χ2v) is 9.64. The van der Waals surface area contributed by atoms with E-state index in [0.717, 1.165) is 24.2 Å². The molecular formula is C24H26N6O3S. The number of amides is 1. The minimum absolute atomic E-state index is 0.105. The smallest absolute Gasteiger partial charge is 0.249 e. The Morgan fingerprint density at radius 3 is 2.71 bits per heavy atom. The molecule has 1 aliphatic rings. The summed E-state index contributed by atoms with van der Waals surface area (Å²) in [5.74, 6) is 3.00. The van der Waals surface area contributed by atoms with E-state index in [1.54, 1.807) is 6.26 Å². The third kappa shape index (κ3) is 5.06. The molecule has 34 heavy (non-hydrogen) atoms. The van der Waals surface area contributed by atoms with Crippen LogP contribution < -0.4 is 5.32 Å². The topological polar surface area (TPSA) is 112 Å². The third-order valence-electron chi connectivity index (χ3n) is 5.62. The summed E-state index contributed by atoms with van der Waals surface area (Å²) in [6.07, 6.45) is 3.80. The largest absolute Gasteiger partial charge is 0.461 e. The fourth-order valence-corrected chi connectivity index (χ4v) is 4.38. The molecule has 1 saturated carbocycles. The van der Waals surface area contributed by atoms with Crippen molar-refractivity contribution in [3.8, 4) is 11.6 Å². The van der Waals surface area contributed by atoms with Gasteiger partial charge in [-0.05, 0) is 36.5 Å². The molecule has 0 bridgehead atoms. The number of carbonyl (C=O) groups is 1. The number of rotatable bonds is 10. The number of nitrogens with one attached hydrogen (secondary N) is 1. The van der Waals surface area contributed by atoms with E-state index in [1.165, 1.54) is 11.8 Å². The monoisotopic (exact) mass is 478 g/mol. The fourth-order valence-electron chi connectivity index (χ4n) is 3.63.